The molecule has 1 saturated carbocycles. The maximum absolute atomic E-state index is 13.0. The van der Waals surface area contributed by atoms with E-state index >= 15 is 0 Å². The summed E-state index contributed by atoms with van der Waals surface area (Å²) in [4.78, 5) is 13.4. The number of carboxylic acid groups (broad SMARTS) is 1. The summed E-state index contributed by atoms with van der Waals surface area (Å²) < 4.78 is 27.2. The summed E-state index contributed by atoms with van der Waals surface area (Å²) in [5.74, 6) is -0.425. The Labute approximate surface area is 132 Å². The highest BCUT2D eigenvalue weighted by molar-refractivity contribution is 8.01. The molecule has 1 aromatic rings. The van der Waals surface area contributed by atoms with Crippen molar-refractivity contribution in [3.8, 4) is 0 Å². The lowest BCUT2D eigenvalue weighted by Crippen LogP contribution is -2.46. The zero-order chi connectivity index (χ0) is 15.4. The Morgan fingerprint density at radius 3 is 2.52 bits per heavy atom. The van der Waals surface area contributed by atoms with E-state index in [0.717, 1.165) is 22.6 Å². The van der Waals surface area contributed by atoms with E-state index in [0.29, 0.717) is 11.7 Å². The minimum atomic E-state index is -3.75. The van der Waals surface area contributed by atoms with Gasteiger partial charge in [-0.1, -0.05) is 0 Å². The number of hydrogen-bond acceptors (Lipinski definition) is 5. The molecule has 1 aromatic heterocycles. The zero-order valence-corrected chi connectivity index (χ0v) is 14.2. The summed E-state index contributed by atoms with van der Waals surface area (Å²) in [5, 5.41) is 9.15. The van der Waals surface area contributed by atoms with Crippen LogP contribution in [-0.4, -0.2) is 41.0 Å². The molecule has 1 saturated heterocycles. The minimum absolute atomic E-state index is 0.226. The number of rotatable bonds is 4. The Balaban J connectivity index is 2.04. The zero-order valence-electron chi connectivity index (χ0n) is 11.8. The first-order valence-corrected chi connectivity index (χ1v) is 10.1. The lowest BCUT2D eigenvalue weighted by atomic mass is 10.3. The first-order chi connectivity index (χ1) is 9.82. The van der Waals surface area contributed by atoms with Crippen molar-refractivity contribution in [3.05, 3.63) is 15.8 Å². The Morgan fingerprint density at radius 2 is 2.05 bits per heavy atom. The molecule has 3 rings (SSSR count). The van der Waals surface area contributed by atoms with Gasteiger partial charge in [-0.2, -0.15) is 4.31 Å². The van der Waals surface area contributed by atoms with Crippen LogP contribution >= 0.6 is 23.1 Å². The van der Waals surface area contributed by atoms with Gasteiger partial charge in [0.1, 0.15) is 6.04 Å². The van der Waals surface area contributed by atoms with Gasteiger partial charge in [-0.05, 0) is 38.7 Å². The van der Waals surface area contributed by atoms with Crippen molar-refractivity contribution in [2.75, 3.05) is 5.75 Å². The van der Waals surface area contributed by atoms with Gasteiger partial charge in [0.15, 0.2) is 0 Å². The quantitative estimate of drug-likeness (QED) is 0.904. The third-order valence-corrected chi connectivity index (χ3v) is 8.55. The second-order valence-electron chi connectivity index (χ2n) is 5.53. The summed E-state index contributed by atoms with van der Waals surface area (Å²) in [6.45, 7) is 3.64. The standard InChI is InChI=1S/C13H17NO4S3/c1-7-5-11(8(2)20-7)21(17,18)14-10(13(15)16)6-19-12(14)9-3-4-9/h5,9-10,12H,3-4,6H2,1-2H3,(H,15,16). The molecule has 1 aliphatic heterocycles. The van der Waals surface area contributed by atoms with E-state index in [1.54, 1.807) is 13.0 Å². The predicted molar refractivity (Wildman–Crippen MR) is 83.2 cm³/mol. The van der Waals surface area contributed by atoms with Crippen molar-refractivity contribution in [1.82, 2.24) is 4.31 Å². The highest BCUT2D eigenvalue weighted by Gasteiger charge is 2.51. The minimum Gasteiger partial charge on any atom is -0.480 e. The lowest BCUT2D eigenvalue weighted by molar-refractivity contribution is -0.140. The normalized spacial score (nSPS) is 27.1. The van der Waals surface area contributed by atoms with Crippen LogP contribution in [0.1, 0.15) is 22.6 Å². The number of aryl methyl sites for hydroxylation is 2. The molecule has 0 aromatic carbocycles. The molecule has 2 atom stereocenters. The summed E-state index contributed by atoms with van der Waals surface area (Å²) in [6.07, 6.45) is 1.97. The van der Waals surface area contributed by atoms with Gasteiger partial charge in [0.25, 0.3) is 0 Å². The van der Waals surface area contributed by atoms with Gasteiger partial charge < -0.3 is 5.11 Å². The summed E-state index contributed by atoms with van der Waals surface area (Å²) in [5.41, 5.74) is 0. The van der Waals surface area contributed by atoms with Crippen LogP contribution in [0.3, 0.4) is 0 Å². The predicted octanol–water partition coefficient (Wildman–Crippen LogP) is 2.29. The molecule has 1 aliphatic carbocycles. The molecule has 2 unspecified atom stereocenters. The number of carbonyl (C=O) groups is 1. The fourth-order valence-electron chi connectivity index (χ4n) is 2.70. The fraction of sp³-hybridized carbons (Fsp3) is 0.615. The van der Waals surface area contributed by atoms with Crippen LogP contribution in [0.15, 0.2) is 11.0 Å². The molecular formula is C13H17NO4S3. The third-order valence-electron chi connectivity index (χ3n) is 3.84. The number of nitrogens with zero attached hydrogens (tertiary/aromatic N) is 1. The Kier molecular flexibility index (Phi) is 3.84. The SMILES string of the molecule is Cc1cc(S(=O)(=O)N2C(C(=O)O)CSC2C2CC2)c(C)s1. The summed E-state index contributed by atoms with van der Waals surface area (Å²) in [7, 11) is -3.75. The van der Waals surface area contributed by atoms with E-state index in [1.807, 2.05) is 6.92 Å². The Morgan fingerprint density at radius 1 is 1.38 bits per heavy atom. The summed E-state index contributed by atoms with van der Waals surface area (Å²) in [6, 6.07) is 0.700. The molecule has 0 bridgehead atoms. The van der Waals surface area contributed by atoms with E-state index < -0.39 is 22.0 Å². The summed E-state index contributed by atoms with van der Waals surface area (Å²) >= 11 is 2.89. The first-order valence-electron chi connectivity index (χ1n) is 6.77. The van der Waals surface area contributed by atoms with E-state index in [9.17, 15) is 18.3 Å². The molecule has 0 amide bonds. The van der Waals surface area contributed by atoms with Crippen molar-refractivity contribution in [1.29, 1.82) is 0 Å². The van der Waals surface area contributed by atoms with Crippen LogP contribution in [0.2, 0.25) is 0 Å². The van der Waals surface area contributed by atoms with Crippen LogP contribution in [-0.2, 0) is 14.8 Å². The molecule has 2 heterocycles. The molecule has 0 radical (unpaired) electrons. The molecule has 21 heavy (non-hydrogen) atoms. The van der Waals surface area contributed by atoms with Gasteiger partial charge in [-0.3, -0.25) is 4.79 Å². The highest BCUT2D eigenvalue weighted by atomic mass is 32.2. The van der Waals surface area contributed by atoms with Gasteiger partial charge in [0.05, 0.1) is 10.3 Å². The maximum Gasteiger partial charge on any atom is 0.322 e. The molecular weight excluding hydrogens is 330 g/mol. The molecule has 116 valence electrons. The van der Waals surface area contributed by atoms with Gasteiger partial charge in [-0.25, -0.2) is 8.42 Å². The smallest absolute Gasteiger partial charge is 0.322 e. The molecule has 2 fully saturated rings. The van der Waals surface area contributed by atoms with Gasteiger partial charge >= 0.3 is 5.97 Å². The largest absolute Gasteiger partial charge is 0.480 e. The first kappa shape index (κ1) is 15.3. The van der Waals surface area contributed by atoms with Crippen LogP contribution in [0.25, 0.3) is 0 Å². The number of hydrogen-bond donors (Lipinski definition) is 1. The molecule has 0 spiro atoms. The number of thioether (sulfide) groups is 1. The highest BCUT2D eigenvalue weighted by Crippen LogP contribution is 2.48. The van der Waals surface area contributed by atoms with Crippen LogP contribution in [0, 0.1) is 19.8 Å². The number of carboxylic acids is 1. The van der Waals surface area contributed by atoms with E-state index in [2.05, 4.69) is 0 Å². The van der Waals surface area contributed by atoms with E-state index in [4.69, 9.17) is 0 Å². The Hall–Kier alpha value is -0.570. The molecule has 5 nitrogen and oxygen atoms in total. The monoisotopic (exact) mass is 347 g/mol. The molecule has 2 aliphatic rings. The van der Waals surface area contributed by atoms with Crippen molar-refractivity contribution < 1.29 is 18.3 Å². The average molecular weight is 347 g/mol. The lowest BCUT2D eigenvalue weighted by Gasteiger charge is -2.26. The van der Waals surface area contributed by atoms with Gasteiger partial charge in [0, 0.05) is 15.5 Å². The Bertz CT molecular complexity index is 678. The average Bonchev–Trinajstić information content (AvgIpc) is 3.02. The van der Waals surface area contributed by atoms with Crippen molar-refractivity contribution in [3.63, 3.8) is 0 Å². The topological polar surface area (TPSA) is 74.7 Å². The number of sulfonamides is 1. The van der Waals surface area contributed by atoms with Gasteiger partial charge in [0.2, 0.25) is 10.0 Å². The van der Waals surface area contributed by atoms with Crippen molar-refractivity contribution in [2.24, 2.45) is 5.92 Å². The van der Waals surface area contributed by atoms with Gasteiger partial charge in [-0.15, -0.1) is 23.1 Å². The number of thiophene rings is 1. The fourth-order valence-corrected chi connectivity index (χ4v) is 8.03. The molecule has 1 N–H and O–H groups in total. The maximum atomic E-state index is 13.0. The van der Waals surface area contributed by atoms with Crippen molar-refractivity contribution in [2.45, 2.75) is 43.0 Å². The van der Waals surface area contributed by atoms with Crippen LogP contribution in [0.4, 0.5) is 0 Å². The van der Waals surface area contributed by atoms with E-state index in [-0.39, 0.29) is 10.3 Å². The molecule has 8 heteroatoms. The second kappa shape index (κ2) is 5.26. The second-order valence-corrected chi connectivity index (χ2v) is 9.95. The third kappa shape index (κ3) is 2.62. The number of aliphatic carboxylic acids is 1. The van der Waals surface area contributed by atoms with Crippen molar-refractivity contribution >= 4 is 39.1 Å². The van der Waals surface area contributed by atoms with Crippen LogP contribution in [0.5, 0.6) is 0 Å². The van der Waals surface area contributed by atoms with Crippen LogP contribution < -0.4 is 0 Å². The van der Waals surface area contributed by atoms with E-state index in [1.165, 1.54) is 27.4 Å².